The average Bonchev–Trinajstić information content (AvgIpc) is 2.87. The summed E-state index contributed by atoms with van der Waals surface area (Å²) in [7, 11) is 0. The monoisotopic (exact) mass is 308 g/mol. The second-order valence-corrected chi connectivity index (χ2v) is 4.77. The number of carbonyl (C=O) groups excluding carboxylic acids is 1. The zero-order valence-corrected chi connectivity index (χ0v) is 11.7. The molecule has 0 aliphatic carbocycles. The fourth-order valence-electron chi connectivity index (χ4n) is 1.72. The average molecular weight is 309 g/mol. The van der Waals surface area contributed by atoms with Crippen LogP contribution >= 0.6 is 11.6 Å². The number of carboxylic acid groups (broad SMARTS) is 1. The molecule has 0 bridgehead atoms. The summed E-state index contributed by atoms with van der Waals surface area (Å²) >= 11 is 5.87. The molecule has 0 spiro atoms. The van der Waals surface area contributed by atoms with E-state index < -0.39 is 5.97 Å². The van der Waals surface area contributed by atoms with Gasteiger partial charge in [0.25, 0.3) is 0 Å². The summed E-state index contributed by atoms with van der Waals surface area (Å²) in [6.07, 6.45) is 1.86. The number of amides is 1. The number of aromatic nitrogens is 3. The zero-order chi connectivity index (χ0) is 15.2. The maximum absolute atomic E-state index is 11.7. The molecule has 1 heterocycles. The normalized spacial score (nSPS) is 10.3. The smallest absolute Gasteiger partial charge is 0.358 e. The van der Waals surface area contributed by atoms with Gasteiger partial charge in [0.2, 0.25) is 5.91 Å². The van der Waals surface area contributed by atoms with Crippen LogP contribution in [0.3, 0.4) is 0 Å². The number of nitrogens with zero attached hydrogens (tertiary/aromatic N) is 3. The van der Waals surface area contributed by atoms with E-state index in [1.807, 2.05) is 18.2 Å². The Morgan fingerprint density at radius 3 is 2.86 bits per heavy atom. The van der Waals surface area contributed by atoms with Gasteiger partial charge < -0.3 is 10.4 Å². The summed E-state index contributed by atoms with van der Waals surface area (Å²) in [5.74, 6) is -1.44. The van der Waals surface area contributed by atoms with Gasteiger partial charge in [0, 0.05) is 11.6 Å². The van der Waals surface area contributed by atoms with E-state index in [9.17, 15) is 9.59 Å². The van der Waals surface area contributed by atoms with E-state index >= 15 is 0 Å². The first kappa shape index (κ1) is 15.0. The van der Waals surface area contributed by atoms with Crippen molar-refractivity contribution in [1.29, 1.82) is 0 Å². The van der Waals surface area contributed by atoms with Crippen LogP contribution in [0.5, 0.6) is 0 Å². The molecule has 7 nitrogen and oxygen atoms in total. The molecule has 0 aliphatic heterocycles. The molecule has 0 saturated carbocycles. The Kier molecular flexibility index (Phi) is 4.89. The maximum atomic E-state index is 11.7. The summed E-state index contributed by atoms with van der Waals surface area (Å²) in [4.78, 5) is 22.3. The van der Waals surface area contributed by atoms with E-state index in [4.69, 9.17) is 16.7 Å². The van der Waals surface area contributed by atoms with Gasteiger partial charge in [-0.3, -0.25) is 4.79 Å². The molecule has 110 valence electrons. The minimum Gasteiger partial charge on any atom is -0.476 e. The van der Waals surface area contributed by atoms with Gasteiger partial charge in [0.15, 0.2) is 5.69 Å². The minimum atomic E-state index is -1.18. The second-order valence-electron chi connectivity index (χ2n) is 4.34. The molecule has 0 unspecified atom stereocenters. The van der Waals surface area contributed by atoms with Crippen LogP contribution in [0, 0.1) is 0 Å². The maximum Gasteiger partial charge on any atom is 0.358 e. The van der Waals surface area contributed by atoms with E-state index in [1.54, 1.807) is 6.07 Å². The van der Waals surface area contributed by atoms with Gasteiger partial charge in [-0.25, -0.2) is 9.48 Å². The molecule has 21 heavy (non-hydrogen) atoms. The number of nitrogens with one attached hydrogen (secondary N) is 1. The third-order valence-electron chi connectivity index (χ3n) is 2.69. The Morgan fingerprint density at radius 1 is 1.38 bits per heavy atom. The van der Waals surface area contributed by atoms with E-state index in [0.29, 0.717) is 18.0 Å². The van der Waals surface area contributed by atoms with Gasteiger partial charge in [-0.05, 0) is 24.1 Å². The van der Waals surface area contributed by atoms with Crippen molar-refractivity contribution in [3.05, 3.63) is 46.7 Å². The molecule has 1 aromatic heterocycles. The van der Waals surface area contributed by atoms with Crippen LogP contribution in [0.1, 0.15) is 16.1 Å². The van der Waals surface area contributed by atoms with Gasteiger partial charge in [-0.2, -0.15) is 0 Å². The fraction of sp³-hybridized carbons (Fsp3) is 0.231. The van der Waals surface area contributed by atoms with Crippen LogP contribution in [0.15, 0.2) is 30.5 Å². The number of halogens is 1. The quantitative estimate of drug-likeness (QED) is 0.829. The highest BCUT2D eigenvalue weighted by atomic mass is 35.5. The van der Waals surface area contributed by atoms with Gasteiger partial charge in [0.05, 0.1) is 6.20 Å². The predicted molar refractivity (Wildman–Crippen MR) is 75.1 cm³/mol. The number of benzene rings is 1. The Hall–Kier alpha value is -2.41. The number of hydrogen-bond donors (Lipinski definition) is 2. The zero-order valence-electron chi connectivity index (χ0n) is 11.0. The molecule has 1 aromatic carbocycles. The number of aromatic carboxylic acids is 1. The molecule has 8 heteroatoms. The van der Waals surface area contributed by atoms with Gasteiger partial charge in [-0.1, -0.05) is 28.9 Å². The largest absolute Gasteiger partial charge is 0.476 e. The number of carbonyl (C=O) groups is 2. The van der Waals surface area contributed by atoms with Crippen molar-refractivity contribution in [3.63, 3.8) is 0 Å². The molecule has 0 saturated heterocycles. The van der Waals surface area contributed by atoms with Crippen LogP contribution in [0.4, 0.5) is 0 Å². The third kappa shape index (κ3) is 4.57. The molecule has 2 aromatic rings. The van der Waals surface area contributed by atoms with E-state index in [-0.39, 0.29) is 18.1 Å². The lowest BCUT2D eigenvalue weighted by Crippen LogP contribution is -2.29. The second kappa shape index (κ2) is 6.85. The first-order valence-corrected chi connectivity index (χ1v) is 6.57. The van der Waals surface area contributed by atoms with Crippen LogP contribution < -0.4 is 5.32 Å². The molecule has 2 N–H and O–H groups in total. The lowest BCUT2D eigenvalue weighted by Gasteiger charge is -2.05. The lowest BCUT2D eigenvalue weighted by atomic mass is 10.1. The Bertz CT molecular complexity index is 656. The minimum absolute atomic E-state index is 0.0736. The van der Waals surface area contributed by atoms with E-state index in [2.05, 4.69) is 15.6 Å². The molecule has 2 rings (SSSR count). The van der Waals surface area contributed by atoms with Crippen molar-refractivity contribution >= 4 is 23.5 Å². The lowest BCUT2D eigenvalue weighted by molar-refractivity contribution is -0.121. The van der Waals surface area contributed by atoms with Gasteiger partial charge >= 0.3 is 5.97 Å². The Labute approximate surface area is 125 Å². The topological polar surface area (TPSA) is 97.1 Å². The van der Waals surface area contributed by atoms with Crippen molar-refractivity contribution < 1.29 is 14.7 Å². The highest BCUT2D eigenvalue weighted by Crippen LogP contribution is 2.10. The van der Waals surface area contributed by atoms with Crippen LogP contribution in [0.25, 0.3) is 0 Å². The van der Waals surface area contributed by atoms with Crippen molar-refractivity contribution in [1.82, 2.24) is 20.3 Å². The van der Waals surface area contributed by atoms with Crippen molar-refractivity contribution in [2.75, 3.05) is 6.54 Å². The van der Waals surface area contributed by atoms with Crippen molar-refractivity contribution in [3.8, 4) is 0 Å². The Balaban J connectivity index is 1.78. The number of hydrogen-bond acceptors (Lipinski definition) is 4. The molecule has 0 fully saturated rings. The Morgan fingerprint density at radius 2 is 2.19 bits per heavy atom. The van der Waals surface area contributed by atoms with Crippen molar-refractivity contribution in [2.45, 2.75) is 13.0 Å². The van der Waals surface area contributed by atoms with Crippen LogP contribution in [0.2, 0.25) is 5.02 Å². The summed E-state index contributed by atoms with van der Waals surface area (Å²) in [6.45, 7) is 0.384. The van der Waals surface area contributed by atoms with Crippen LogP contribution in [-0.4, -0.2) is 38.5 Å². The van der Waals surface area contributed by atoms with Crippen molar-refractivity contribution in [2.24, 2.45) is 0 Å². The first-order valence-electron chi connectivity index (χ1n) is 6.19. The molecular formula is C13H13ClN4O3. The van der Waals surface area contributed by atoms with Gasteiger partial charge in [0.1, 0.15) is 6.54 Å². The highest BCUT2D eigenvalue weighted by molar-refractivity contribution is 6.30. The SMILES string of the molecule is O=C(Cn1cc(C(=O)O)nn1)NCCc1cccc(Cl)c1. The number of carboxylic acids is 1. The first-order chi connectivity index (χ1) is 10.0. The summed E-state index contributed by atoms with van der Waals surface area (Å²) in [5, 5.41) is 19.1. The fourth-order valence-corrected chi connectivity index (χ4v) is 1.93. The van der Waals surface area contributed by atoms with E-state index in [0.717, 1.165) is 5.56 Å². The molecular weight excluding hydrogens is 296 g/mol. The van der Waals surface area contributed by atoms with Gasteiger partial charge in [-0.15, -0.1) is 5.10 Å². The van der Waals surface area contributed by atoms with E-state index in [1.165, 1.54) is 10.9 Å². The summed E-state index contributed by atoms with van der Waals surface area (Å²) in [5.41, 5.74) is 0.832. The molecule has 0 radical (unpaired) electrons. The summed E-state index contributed by atoms with van der Waals surface area (Å²) in [6, 6.07) is 7.40. The molecule has 0 aliphatic rings. The van der Waals surface area contributed by atoms with Crippen LogP contribution in [-0.2, 0) is 17.8 Å². The third-order valence-corrected chi connectivity index (χ3v) is 2.92. The highest BCUT2D eigenvalue weighted by Gasteiger charge is 2.10. The predicted octanol–water partition coefficient (Wildman–Crippen LogP) is 0.989. The standard InChI is InChI=1S/C13H13ClN4O3/c14-10-3-1-2-9(6-10)4-5-15-12(19)8-18-7-11(13(20)21)16-17-18/h1-3,6-7H,4-5,8H2,(H,15,19)(H,20,21). The summed E-state index contributed by atoms with van der Waals surface area (Å²) < 4.78 is 1.18. The molecule has 0 atom stereocenters. The molecule has 1 amide bonds. The number of rotatable bonds is 6.